The summed E-state index contributed by atoms with van der Waals surface area (Å²) in [5, 5.41) is 8.90. The third-order valence-electron chi connectivity index (χ3n) is 1.56. The Labute approximate surface area is 76.9 Å². The summed E-state index contributed by atoms with van der Waals surface area (Å²) in [7, 11) is 0. The van der Waals surface area contributed by atoms with Crippen LogP contribution < -0.4 is 5.73 Å². The fourth-order valence-corrected chi connectivity index (χ4v) is 0.547. The molecule has 0 saturated carbocycles. The lowest BCUT2D eigenvalue weighted by Gasteiger charge is -2.12. The summed E-state index contributed by atoms with van der Waals surface area (Å²) in [5.41, 5.74) is 5.25. The standard InChI is InChI=1S/C8H15NO4/c1-3-6(11)4-13-8(12)7(9)5(2)10/h5,7,10H,3-4,9H2,1-2H3/t5-,7+/m1/s1. The first-order valence-corrected chi connectivity index (χ1v) is 4.11. The Morgan fingerprint density at radius 2 is 2.08 bits per heavy atom. The zero-order valence-electron chi connectivity index (χ0n) is 7.82. The molecule has 0 aliphatic rings. The van der Waals surface area contributed by atoms with Crippen LogP contribution in [0.25, 0.3) is 0 Å². The smallest absolute Gasteiger partial charge is 0.326 e. The molecule has 76 valence electrons. The normalized spacial score (nSPS) is 14.8. The maximum absolute atomic E-state index is 10.9. The minimum absolute atomic E-state index is 0.175. The molecule has 0 radical (unpaired) electrons. The van der Waals surface area contributed by atoms with E-state index in [-0.39, 0.29) is 12.4 Å². The van der Waals surface area contributed by atoms with Crippen molar-refractivity contribution >= 4 is 11.8 Å². The summed E-state index contributed by atoms with van der Waals surface area (Å²) in [6.07, 6.45) is -0.652. The van der Waals surface area contributed by atoms with E-state index in [1.54, 1.807) is 6.92 Å². The van der Waals surface area contributed by atoms with Crippen molar-refractivity contribution in [1.29, 1.82) is 0 Å². The Morgan fingerprint density at radius 1 is 1.54 bits per heavy atom. The second kappa shape index (κ2) is 5.66. The summed E-state index contributed by atoms with van der Waals surface area (Å²) in [5.74, 6) is -0.928. The molecule has 0 saturated heterocycles. The van der Waals surface area contributed by atoms with Gasteiger partial charge in [-0.3, -0.25) is 9.59 Å². The van der Waals surface area contributed by atoms with Gasteiger partial charge in [-0.05, 0) is 6.92 Å². The monoisotopic (exact) mass is 189 g/mol. The highest BCUT2D eigenvalue weighted by Gasteiger charge is 2.20. The SMILES string of the molecule is CCC(=O)COC(=O)[C@@H](N)[C@@H](C)O. The van der Waals surface area contributed by atoms with Gasteiger partial charge in [0.1, 0.15) is 12.6 Å². The Balaban J connectivity index is 3.81. The molecule has 0 rings (SSSR count). The van der Waals surface area contributed by atoms with Crippen molar-refractivity contribution < 1.29 is 19.4 Å². The van der Waals surface area contributed by atoms with Crippen molar-refractivity contribution in [1.82, 2.24) is 0 Å². The summed E-state index contributed by atoms with van der Waals surface area (Å²) >= 11 is 0. The van der Waals surface area contributed by atoms with E-state index >= 15 is 0 Å². The van der Waals surface area contributed by atoms with Crippen LogP contribution in [0.3, 0.4) is 0 Å². The van der Waals surface area contributed by atoms with Crippen LogP contribution >= 0.6 is 0 Å². The first-order valence-electron chi connectivity index (χ1n) is 4.11. The number of carbonyl (C=O) groups excluding carboxylic acids is 2. The van der Waals surface area contributed by atoms with Crippen LogP contribution in [0.5, 0.6) is 0 Å². The molecule has 0 aromatic heterocycles. The molecule has 5 heteroatoms. The second-order valence-corrected chi connectivity index (χ2v) is 2.77. The van der Waals surface area contributed by atoms with Crippen molar-refractivity contribution in [3.8, 4) is 0 Å². The van der Waals surface area contributed by atoms with Gasteiger partial charge >= 0.3 is 5.97 Å². The number of aliphatic hydroxyl groups is 1. The number of carbonyl (C=O) groups is 2. The van der Waals surface area contributed by atoms with E-state index in [4.69, 9.17) is 10.8 Å². The molecule has 2 atom stereocenters. The van der Waals surface area contributed by atoms with E-state index < -0.39 is 18.1 Å². The molecule has 0 heterocycles. The first kappa shape index (κ1) is 12.1. The molecule has 0 fully saturated rings. The van der Waals surface area contributed by atoms with Crippen molar-refractivity contribution in [3.05, 3.63) is 0 Å². The number of esters is 1. The van der Waals surface area contributed by atoms with Crippen LogP contribution in [0.4, 0.5) is 0 Å². The molecular formula is C8H15NO4. The van der Waals surface area contributed by atoms with E-state index in [0.29, 0.717) is 6.42 Å². The lowest BCUT2D eigenvalue weighted by molar-refractivity contribution is -0.151. The van der Waals surface area contributed by atoms with Gasteiger partial charge in [-0.15, -0.1) is 0 Å². The first-order chi connectivity index (χ1) is 5.99. The molecule has 3 N–H and O–H groups in total. The molecule has 0 unspecified atom stereocenters. The molecule has 0 bridgehead atoms. The van der Waals surface area contributed by atoms with Gasteiger partial charge in [-0.25, -0.2) is 0 Å². The minimum Gasteiger partial charge on any atom is -0.456 e. The van der Waals surface area contributed by atoms with Crippen LogP contribution in [0.2, 0.25) is 0 Å². The molecule has 5 nitrogen and oxygen atoms in total. The predicted molar refractivity (Wildman–Crippen MR) is 45.9 cm³/mol. The summed E-state index contributed by atoms with van der Waals surface area (Å²) in [6, 6.07) is -1.08. The molecule has 0 amide bonds. The molecular weight excluding hydrogens is 174 g/mol. The third-order valence-corrected chi connectivity index (χ3v) is 1.56. The number of hydrogen-bond acceptors (Lipinski definition) is 5. The van der Waals surface area contributed by atoms with Gasteiger partial charge in [0.15, 0.2) is 5.78 Å². The predicted octanol–water partition coefficient (Wildman–Crippen LogP) is -0.783. The topological polar surface area (TPSA) is 89.6 Å². The zero-order chi connectivity index (χ0) is 10.4. The number of nitrogens with two attached hydrogens (primary N) is 1. The number of aliphatic hydroxyl groups excluding tert-OH is 1. The largest absolute Gasteiger partial charge is 0.456 e. The molecule has 13 heavy (non-hydrogen) atoms. The van der Waals surface area contributed by atoms with Gasteiger partial charge in [0, 0.05) is 6.42 Å². The average molecular weight is 189 g/mol. The molecule has 0 aromatic carbocycles. The number of ketones is 1. The highest BCUT2D eigenvalue weighted by atomic mass is 16.5. The molecule has 0 aromatic rings. The Bertz CT molecular complexity index is 191. The quantitative estimate of drug-likeness (QED) is 0.553. The van der Waals surface area contributed by atoms with E-state index in [1.807, 2.05) is 0 Å². The minimum atomic E-state index is -1.08. The van der Waals surface area contributed by atoms with Crippen LogP contribution in [0.15, 0.2) is 0 Å². The Morgan fingerprint density at radius 3 is 2.46 bits per heavy atom. The highest BCUT2D eigenvalue weighted by Crippen LogP contribution is 1.93. The van der Waals surface area contributed by atoms with E-state index in [2.05, 4.69) is 4.74 Å². The van der Waals surface area contributed by atoms with Crippen LogP contribution in [-0.2, 0) is 14.3 Å². The number of rotatable bonds is 5. The summed E-state index contributed by atoms with van der Waals surface area (Å²) in [6.45, 7) is 2.79. The number of hydrogen-bond donors (Lipinski definition) is 2. The van der Waals surface area contributed by atoms with E-state index in [9.17, 15) is 9.59 Å². The number of ether oxygens (including phenoxy) is 1. The third kappa shape index (κ3) is 4.59. The van der Waals surface area contributed by atoms with Gasteiger partial charge in [0.05, 0.1) is 6.10 Å². The van der Waals surface area contributed by atoms with Gasteiger partial charge in [-0.1, -0.05) is 6.92 Å². The summed E-state index contributed by atoms with van der Waals surface area (Å²) < 4.78 is 4.54. The lowest BCUT2D eigenvalue weighted by Crippen LogP contribution is -2.41. The van der Waals surface area contributed by atoms with Crippen LogP contribution in [-0.4, -0.2) is 35.6 Å². The highest BCUT2D eigenvalue weighted by molar-refractivity contribution is 5.83. The van der Waals surface area contributed by atoms with E-state index in [1.165, 1.54) is 6.92 Å². The van der Waals surface area contributed by atoms with Crippen molar-refractivity contribution in [2.24, 2.45) is 5.73 Å². The molecule has 0 aliphatic carbocycles. The second-order valence-electron chi connectivity index (χ2n) is 2.77. The Hall–Kier alpha value is -0.940. The van der Waals surface area contributed by atoms with Crippen molar-refractivity contribution in [2.75, 3.05) is 6.61 Å². The van der Waals surface area contributed by atoms with Crippen LogP contribution in [0, 0.1) is 0 Å². The fourth-order valence-electron chi connectivity index (χ4n) is 0.547. The van der Waals surface area contributed by atoms with Gasteiger partial charge in [0.25, 0.3) is 0 Å². The zero-order valence-corrected chi connectivity index (χ0v) is 7.82. The average Bonchev–Trinajstić information content (AvgIpc) is 2.11. The Kier molecular flexibility index (Phi) is 5.25. The van der Waals surface area contributed by atoms with Gasteiger partial charge in [-0.2, -0.15) is 0 Å². The fraction of sp³-hybridized carbons (Fsp3) is 0.750. The molecule has 0 aliphatic heterocycles. The van der Waals surface area contributed by atoms with Gasteiger partial charge in [0.2, 0.25) is 0 Å². The number of Topliss-reactive ketones (excluding diaryl/α,β-unsaturated/α-hetero) is 1. The summed E-state index contributed by atoms with van der Waals surface area (Å²) in [4.78, 5) is 21.7. The lowest BCUT2D eigenvalue weighted by atomic mass is 10.2. The van der Waals surface area contributed by atoms with Gasteiger partial charge < -0.3 is 15.6 Å². The molecule has 0 spiro atoms. The van der Waals surface area contributed by atoms with Crippen molar-refractivity contribution in [3.63, 3.8) is 0 Å². The van der Waals surface area contributed by atoms with E-state index in [0.717, 1.165) is 0 Å². The van der Waals surface area contributed by atoms with Crippen LogP contribution in [0.1, 0.15) is 20.3 Å². The maximum Gasteiger partial charge on any atom is 0.326 e. The van der Waals surface area contributed by atoms with Crippen molar-refractivity contribution in [2.45, 2.75) is 32.4 Å². The maximum atomic E-state index is 10.9.